The topological polar surface area (TPSA) is 20.3 Å². The van der Waals surface area contributed by atoms with Crippen LogP contribution in [-0.4, -0.2) is 17.4 Å². The van der Waals surface area contributed by atoms with Gasteiger partial charge in [-0.15, -0.1) is 0 Å². The van der Waals surface area contributed by atoms with E-state index in [1.807, 2.05) is 23.1 Å². The van der Waals surface area contributed by atoms with Gasteiger partial charge in [0, 0.05) is 26.7 Å². The second kappa shape index (κ2) is 6.04. The molecule has 0 saturated heterocycles. The molecule has 0 saturated carbocycles. The van der Waals surface area contributed by atoms with Crippen LogP contribution >= 0.6 is 38.5 Å². The maximum atomic E-state index is 13.1. The first-order valence-corrected chi connectivity index (χ1v) is 8.43. The SMILES string of the molecule is O=C1c2cc(I)ccc2CCN1Cc1ccc(F)cc1Br. The summed E-state index contributed by atoms with van der Waals surface area (Å²) in [6.07, 6.45) is 0.858. The van der Waals surface area contributed by atoms with Crippen molar-refractivity contribution in [1.29, 1.82) is 0 Å². The van der Waals surface area contributed by atoms with Crippen LogP contribution in [-0.2, 0) is 13.0 Å². The highest BCUT2D eigenvalue weighted by Crippen LogP contribution is 2.25. The highest BCUT2D eigenvalue weighted by atomic mass is 127. The van der Waals surface area contributed by atoms with Crippen LogP contribution in [0.1, 0.15) is 21.5 Å². The summed E-state index contributed by atoms with van der Waals surface area (Å²) in [7, 11) is 0. The Labute approximate surface area is 144 Å². The van der Waals surface area contributed by atoms with Crippen LogP contribution < -0.4 is 0 Å². The summed E-state index contributed by atoms with van der Waals surface area (Å²) in [4.78, 5) is 14.4. The van der Waals surface area contributed by atoms with E-state index in [-0.39, 0.29) is 11.7 Å². The first-order valence-electron chi connectivity index (χ1n) is 6.56. The molecule has 108 valence electrons. The highest BCUT2D eigenvalue weighted by Gasteiger charge is 2.24. The maximum Gasteiger partial charge on any atom is 0.254 e. The van der Waals surface area contributed by atoms with Crippen molar-refractivity contribution in [1.82, 2.24) is 4.90 Å². The number of hydrogen-bond donors (Lipinski definition) is 0. The standard InChI is InChI=1S/C16H12BrFINO/c17-15-7-12(18)3-1-11(15)9-20-6-5-10-2-4-13(19)8-14(10)16(20)21/h1-4,7-8H,5-6,9H2. The van der Waals surface area contributed by atoms with E-state index in [2.05, 4.69) is 38.5 Å². The molecule has 1 aliphatic heterocycles. The third kappa shape index (κ3) is 3.13. The summed E-state index contributed by atoms with van der Waals surface area (Å²) in [6, 6.07) is 10.6. The lowest BCUT2D eigenvalue weighted by Gasteiger charge is -2.29. The van der Waals surface area contributed by atoms with E-state index in [1.165, 1.54) is 12.1 Å². The molecule has 3 rings (SSSR count). The van der Waals surface area contributed by atoms with E-state index in [9.17, 15) is 9.18 Å². The van der Waals surface area contributed by atoms with Gasteiger partial charge in [0.05, 0.1) is 0 Å². The predicted molar refractivity (Wildman–Crippen MR) is 91.7 cm³/mol. The van der Waals surface area contributed by atoms with Gasteiger partial charge in [-0.1, -0.05) is 28.1 Å². The fourth-order valence-electron chi connectivity index (χ4n) is 2.50. The second-order valence-electron chi connectivity index (χ2n) is 5.01. The van der Waals surface area contributed by atoms with Crippen molar-refractivity contribution in [3.05, 3.63) is 66.9 Å². The number of fused-ring (bicyclic) bond motifs is 1. The van der Waals surface area contributed by atoms with Crippen LogP contribution in [0.2, 0.25) is 0 Å². The molecule has 2 nitrogen and oxygen atoms in total. The Morgan fingerprint density at radius 1 is 1.24 bits per heavy atom. The summed E-state index contributed by atoms with van der Waals surface area (Å²) in [5.41, 5.74) is 2.81. The van der Waals surface area contributed by atoms with Crippen LogP contribution in [0.15, 0.2) is 40.9 Å². The molecule has 0 atom stereocenters. The van der Waals surface area contributed by atoms with E-state index in [4.69, 9.17) is 0 Å². The Balaban J connectivity index is 1.86. The van der Waals surface area contributed by atoms with Crippen molar-refractivity contribution in [3.8, 4) is 0 Å². The molecule has 0 radical (unpaired) electrons. The lowest BCUT2D eigenvalue weighted by molar-refractivity contribution is 0.0726. The van der Waals surface area contributed by atoms with E-state index < -0.39 is 0 Å². The third-order valence-electron chi connectivity index (χ3n) is 3.62. The first-order chi connectivity index (χ1) is 10.0. The number of halogens is 3. The van der Waals surface area contributed by atoms with Crippen LogP contribution in [0, 0.1) is 9.39 Å². The van der Waals surface area contributed by atoms with Gasteiger partial charge >= 0.3 is 0 Å². The Morgan fingerprint density at radius 2 is 2.05 bits per heavy atom. The van der Waals surface area contributed by atoms with Gasteiger partial charge in [-0.2, -0.15) is 0 Å². The second-order valence-corrected chi connectivity index (χ2v) is 7.11. The number of rotatable bonds is 2. The highest BCUT2D eigenvalue weighted by molar-refractivity contribution is 14.1. The zero-order valence-corrected chi connectivity index (χ0v) is 14.8. The Morgan fingerprint density at radius 3 is 2.81 bits per heavy atom. The molecule has 1 aliphatic rings. The monoisotopic (exact) mass is 459 g/mol. The van der Waals surface area contributed by atoms with Gasteiger partial charge in [-0.3, -0.25) is 4.79 Å². The molecule has 0 spiro atoms. The summed E-state index contributed by atoms with van der Waals surface area (Å²) in [5, 5.41) is 0. The van der Waals surface area contributed by atoms with Crippen molar-refractivity contribution >= 4 is 44.4 Å². The molecule has 0 aromatic heterocycles. The van der Waals surface area contributed by atoms with Crippen molar-refractivity contribution in [2.24, 2.45) is 0 Å². The van der Waals surface area contributed by atoms with E-state index >= 15 is 0 Å². The minimum absolute atomic E-state index is 0.0472. The average molecular weight is 460 g/mol. The molecule has 1 heterocycles. The number of amides is 1. The normalized spacial score (nSPS) is 14.2. The summed E-state index contributed by atoms with van der Waals surface area (Å²) in [6.45, 7) is 1.18. The van der Waals surface area contributed by atoms with Gasteiger partial charge in [-0.25, -0.2) is 4.39 Å². The minimum Gasteiger partial charge on any atom is -0.334 e. The summed E-state index contributed by atoms with van der Waals surface area (Å²) < 4.78 is 14.9. The third-order valence-corrected chi connectivity index (χ3v) is 5.03. The van der Waals surface area contributed by atoms with Gasteiger partial charge in [-0.05, 0) is 64.4 Å². The average Bonchev–Trinajstić information content (AvgIpc) is 2.45. The van der Waals surface area contributed by atoms with E-state index in [0.29, 0.717) is 17.6 Å². The lowest BCUT2D eigenvalue weighted by atomic mass is 9.99. The minimum atomic E-state index is -0.282. The lowest BCUT2D eigenvalue weighted by Crippen LogP contribution is -2.37. The molecule has 0 aliphatic carbocycles. The molecular weight excluding hydrogens is 448 g/mol. The van der Waals surface area contributed by atoms with Crippen LogP contribution in [0.4, 0.5) is 4.39 Å². The molecule has 0 bridgehead atoms. The van der Waals surface area contributed by atoms with E-state index in [0.717, 1.165) is 26.7 Å². The molecule has 2 aromatic carbocycles. The van der Waals surface area contributed by atoms with Gasteiger partial charge in [0.15, 0.2) is 0 Å². The van der Waals surface area contributed by atoms with Gasteiger partial charge in [0.2, 0.25) is 0 Å². The van der Waals surface area contributed by atoms with Gasteiger partial charge in [0.1, 0.15) is 5.82 Å². The predicted octanol–water partition coefficient (Wildman–Crippen LogP) is 4.39. The van der Waals surface area contributed by atoms with Gasteiger partial charge in [0.25, 0.3) is 5.91 Å². The zero-order chi connectivity index (χ0) is 15.0. The van der Waals surface area contributed by atoms with Crippen molar-refractivity contribution < 1.29 is 9.18 Å². The summed E-state index contributed by atoms with van der Waals surface area (Å²) in [5.74, 6) is -0.235. The molecule has 21 heavy (non-hydrogen) atoms. The molecule has 1 amide bonds. The Hall–Kier alpha value is -0.950. The van der Waals surface area contributed by atoms with Gasteiger partial charge < -0.3 is 4.90 Å². The zero-order valence-electron chi connectivity index (χ0n) is 11.1. The smallest absolute Gasteiger partial charge is 0.254 e. The Bertz CT molecular complexity index is 719. The summed E-state index contributed by atoms with van der Waals surface area (Å²) >= 11 is 5.57. The van der Waals surface area contributed by atoms with Crippen LogP contribution in [0.3, 0.4) is 0 Å². The first kappa shape index (κ1) is 15.0. The van der Waals surface area contributed by atoms with Crippen molar-refractivity contribution in [2.75, 3.05) is 6.54 Å². The fourth-order valence-corrected chi connectivity index (χ4v) is 3.47. The number of nitrogens with zero attached hydrogens (tertiary/aromatic N) is 1. The molecule has 2 aromatic rings. The number of benzene rings is 2. The quantitative estimate of drug-likeness (QED) is 0.610. The molecular formula is C16H12BrFINO. The maximum absolute atomic E-state index is 13.1. The molecule has 0 fully saturated rings. The molecule has 0 N–H and O–H groups in total. The number of carbonyl (C=O) groups excluding carboxylic acids is 1. The van der Waals surface area contributed by atoms with Crippen molar-refractivity contribution in [2.45, 2.75) is 13.0 Å². The van der Waals surface area contributed by atoms with Crippen LogP contribution in [0.25, 0.3) is 0 Å². The van der Waals surface area contributed by atoms with E-state index in [1.54, 1.807) is 6.07 Å². The van der Waals surface area contributed by atoms with Crippen LogP contribution in [0.5, 0.6) is 0 Å². The molecule has 0 unspecified atom stereocenters. The Kier molecular flexibility index (Phi) is 4.31. The largest absolute Gasteiger partial charge is 0.334 e. The van der Waals surface area contributed by atoms with Crippen molar-refractivity contribution in [3.63, 3.8) is 0 Å². The number of carbonyl (C=O) groups is 1. The number of hydrogen-bond acceptors (Lipinski definition) is 1. The fraction of sp³-hybridized carbons (Fsp3) is 0.188. The molecule has 5 heteroatoms.